The first kappa shape index (κ1) is 14.9. The molecule has 0 spiro atoms. The molecule has 4 heteroatoms. The lowest BCUT2D eigenvalue weighted by atomic mass is 10.2. The quantitative estimate of drug-likeness (QED) is 0.688. The number of rotatable bonds is 9. The Labute approximate surface area is 108 Å². The van der Waals surface area contributed by atoms with Crippen LogP contribution < -0.4 is 5.32 Å². The van der Waals surface area contributed by atoms with Crippen molar-refractivity contribution in [2.24, 2.45) is 5.92 Å². The van der Waals surface area contributed by atoms with Crippen LogP contribution in [0, 0.1) is 11.7 Å². The molecule has 0 atom stereocenters. The fourth-order valence-corrected chi connectivity index (χ4v) is 1.37. The largest absolute Gasteiger partial charge is 0.383 e. The Morgan fingerprint density at radius 1 is 1.06 bits per heavy atom. The Morgan fingerprint density at radius 2 is 1.72 bits per heavy atom. The highest BCUT2D eigenvalue weighted by molar-refractivity contribution is 5.42. The van der Waals surface area contributed by atoms with Crippen LogP contribution in [-0.2, 0) is 9.47 Å². The van der Waals surface area contributed by atoms with E-state index in [1.807, 2.05) is 0 Å². The van der Waals surface area contributed by atoms with Gasteiger partial charge in [0.2, 0.25) is 0 Å². The van der Waals surface area contributed by atoms with Gasteiger partial charge in [-0.25, -0.2) is 4.39 Å². The molecule has 1 N–H and O–H groups in total. The number of hydrogen-bond acceptors (Lipinski definition) is 3. The van der Waals surface area contributed by atoms with Gasteiger partial charge in [0.05, 0.1) is 19.8 Å². The second-order valence-electron chi connectivity index (χ2n) is 4.51. The van der Waals surface area contributed by atoms with Gasteiger partial charge in [0.1, 0.15) is 5.82 Å². The van der Waals surface area contributed by atoms with Crippen molar-refractivity contribution in [3.8, 4) is 0 Å². The van der Waals surface area contributed by atoms with Crippen molar-refractivity contribution in [2.45, 2.75) is 13.8 Å². The second-order valence-corrected chi connectivity index (χ2v) is 4.51. The van der Waals surface area contributed by atoms with E-state index in [2.05, 4.69) is 19.2 Å². The van der Waals surface area contributed by atoms with E-state index >= 15 is 0 Å². The summed E-state index contributed by atoms with van der Waals surface area (Å²) in [7, 11) is 0. The standard InChI is InChI=1S/C14H22FNO2/c1-12(2)11-18-10-9-17-8-7-16-14-5-3-13(15)4-6-14/h3-6,12,16H,7-11H2,1-2H3. The van der Waals surface area contributed by atoms with Gasteiger partial charge in [0.15, 0.2) is 0 Å². The molecule has 0 aliphatic rings. The molecule has 0 fully saturated rings. The zero-order chi connectivity index (χ0) is 13.2. The van der Waals surface area contributed by atoms with Crippen LogP contribution in [0.5, 0.6) is 0 Å². The Hall–Kier alpha value is -1.13. The van der Waals surface area contributed by atoms with Crippen molar-refractivity contribution < 1.29 is 13.9 Å². The van der Waals surface area contributed by atoms with Crippen LogP contribution in [-0.4, -0.2) is 33.0 Å². The van der Waals surface area contributed by atoms with E-state index in [0.29, 0.717) is 32.3 Å². The van der Waals surface area contributed by atoms with E-state index in [1.54, 1.807) is 12.1 Å². The minimum absolute atomic E-state index is 0.223. The number of halogens is 1. The smallest absolute Gasteiger partial charge is 0.123 e. The molecule has 3 nitrogen and oxygen atoms in total. The van der Waals surface area contributed by atoms with Crippen molar-refractivity contribution in [1.82, 2.24) is 0 Å². The van der Waals surface area contributed by atoms with Gasteiger partial charge in [-0.3, -0.25) is 0 Å². The molecule has 1 aromatic rings. The normalized spacial score (nSPS) is 10.9. The number of anilines is 1. The van der Waals surface area contributed by atoms with Gasteiger partial charge in [0, 0.05) is 18.8 Å². The fraction of sp³-hybridized carbons (Fsp3) is 0.571. The topological polar surface area (TPSA) is 30.5 Å². The van der Waals surface area contributed by atoms with Crippen LogP contribution in [0.3, 0.4) is 0 Å². The molecule has 0 heterocycles. The van der Waals surface area contributed by atoms with Crippen molar-refractivity contribution in [1.29, 1.82) is 0 Å². The summed E-state index contributed by atoms with van der Waals surface area (Å²) < 4.78 is 23.4. The summed E-state index contributed by atoms with van der Waals surface area (Å²) in [5.74, 6) is 0.337. The van der Waals surface area contributed by atoms with E-state index in [1.165, 1.54) is 12.1 Å². The first-order valence-corrected chi connectivity index (χ1v) is 6.33. The molecule has 0 saturated carbocycles. The summed E-state index contributed by atoms with van der Waals surface area (Å²) >= 11 is 0. The fourth-order valence-electron chi connectivity index (χ4n) is 1.37. The molecule has 0 amide bonds. The van der Waals surface area contributed by atoms with Gasteiger partial charge in [-0.2, -0.15) is 0 Å². The van der Waals surface area contributed by atoms with Gasteiger partial charge in [-0.05, 0) is 30.2 Å². The monoisotopic (exact) mass is 255 g/mol. The van der Waals surface area contributed by atoms with Gasteiger partial charge >= 0.3 is 0 Å². The Bertz CT molecular complexity index is 314. The molecule has 0 saturated heterocycles. The van der Waals surface area contributed by atoms with E-state index in [0.717, 1.165) is 12.3 Å². The Balaban J connectivity index is 1.94. The van der Waals surface area contributed by atoms with Gasteiger partial charge in [0.25, 0.3) is 0 Å². The van der Waals surface area contributed by atoms with Gasteiger partial charge in [-0.1, -0.05) is 13.8 Å². The predicted molar refractivity (Wildman–Crippen MR) is 71.4 cm³/mol. The number of benzene rings is 1. The maximum atomic E-state index is 12.6. The van der Waals surface area contributed by atoms with Crippen LogP contribution in [0.1, 0.15) is 13.8 Å². The van der Waals surface area contributed by atoms with Gasteiger partial charge in [-0.15, -0.1) is 0 Å². The first-order chi connectivity index (χ1) is 8.68. The van der Waals surface area contributed by atoms with Crippen LogP contribution in [0.4, 0.5) is 10.1 Å². The SMILES string of the molecule is CC(C)COCCOCCNc1ccc(F)cc1. The number of ether oxygens (including phenoxy) is 2. The summed E-state index contributed by atoms with van der Waals surface area (Å²) in [5.41, 5.74) is 0.899. The third-order valence-electron chi connectivity index (χ3n) is 2.24. The molecule has 0 aliphatic carbocycles. The lowest BCUT2D eigenvalue weighted by Gasteiger charge is -2.09. The minimum Gasteiger partial charge on any atom is -0.383 e. The number of nitrogens with one attached hydrogen (secondary N) is 1. The number of hydrogen-bond donors (Lipinski definition) is 1. The summed E-state index contributed by atoms with van der Waals surface area (Å²) in [4.78, 5) is 0. The summed E-state index contributed by atoms with van der Waals surface area (Å²) in [6.45, 7) is 7.57. The van der Waals surface area contributed by atoms with E-state index in [9.17, 15) is 4.39 Å². The zero-order valence-electron chi connectivity index (χ0n) is 11.1. The maximum Gasteiger partial charge on any atom is 0.123 e. The maximum absolute atomic E-state index is 12.6. The molecule has 0 radical (unpaired) electrons. The second kappa shape index (κ2) is 8.89. The van der Waals surface area contributed by atoms with Crippen LogP contribution in [0.2, 0.25) is 0 Å². The molecule has 1 rings (SSSR count). The predicted octanol–water partition coefficient (Wildman–Crippen LogP) is 2.93. The third kappa shape index (κ3) is 7.25. The molecule has 1 aromatic carbocycles. The molecule has 102 valence electrons. The third-order valence-corrected chi connectivity index (χ3v) is 2.24. The average molecular weight is 255 g/mol. The van der Waals surface area contributed by atoms with Gasteiger partial charge < -0.3 is 14.8 Å². The molecule has 18 heavy (non-hydrogen) atoms. The molecule has 0 unspecified atom stereocenters. The molecule has 0 bridgehead atoms. The summed E-state index contributed by atoms with van der Waals surface area (Å²) in [6, 6.07) is 6.29. The highest BCUT2D eigenvalue weighted by atomic mass is 19.1. The molecule has 0 aromatic heterocycles. The molecule has 0 aliphatic heterocycles. The lowest BCUT2D eigenvalue weighted by molar-refractivity contribution is 0.0411. The molecular weight excluding hydrogens is 233 g/mol. The Morgan fingerprint density at radius 3 is 2.39 bits per heavy atom. The van der Waals surface area contributed by atoms with Crippen molar-refractivity contribution in [3.05, 3.63) is 30.1 Å². The van der Waals surface area contributed by atoms with Crippen LogP contribution >= 0.6 is 0 Å². The van der Waals surface area contributed by atoms with Crippen molar-refractivity contribution in [3.63, 3.8) is 0 Å². The first-order valence-electron chi connectivity index (χ1n) is 6.33. The van der Waals surface area contributed by atoms with Crippen LogP contribution in [0.15, 0.2) is 24.3 Å². The lowest BCUT2D eigenvalue weighted by Crippen LogP contribution is -2.13. The van der Waals surface area contributed by atoms with Crippen LogP contribution in [0.25, 0.3) is 0 Å². The zero-order valence-corrected chi connectivity index (χ0v) is 11.1. The van der Waals surface area contributed by atoms with E-state index in [4.69, 9.17) is 9.47 Å². The Kier molecular flexibility index (Phi) is 7.37. The highest BCUT2D eigenvalue weighted by Gasteiger charge is 1.95. The summed E-state index contributed by atoms with van der Waals surface area (Å²) in [5, 5.41) is 3.15. The van der Waals surface area contributed by atoms with E-state index in [-0.39, 0.29) is 5.82 Å². The molecular formula is C14H22FNO2. The minimum atomic E-state index is -0.223. The average Bonchev–Trinajstić information content (AvgIpc) is 2.34. The summed E-state index contributed by atoms with van der Waals surface area (Å²) in [6.07, 6.45) is 0. The van der Waals surface area contributed by atoms with Crippen molar-refractivity contribution >= 4 is 5.69 Å². The van der Waals surface area contributed by atoms with E-state index < -0.39 is 0 Å². The van der Waals surface area contributed by atoms with Crippen molar-refractivity contribution in [2.75, 3.05) is 38.3 Å². The highest BCUT2D eigenvalue weighted by Crippen LogP contribution is 2.07.